The van der Waals surface area contributed by atoms with Crippen molar-refractivity contribution in [3.63, 3.8) is 0 Å². The highest BCUT2D eigenvalue weighted by atomic mass is 32.2. The molecule has 114 valence electrons. The van der Waals surface area contributed by atoms with Gasteiger partial charge in [0.2, 0.25) is 0 Å². The molecule has 0 aliphatic rings. The van der Waals surface area contributed by atoms with Crippen molar-refractivity contribution in [2.24, 2.45) is 5.92 Å². The number of aromatic nitrogens is 2. The molecule has 0 saturated heterocycles. The van der Waals surface area contributed by atoms with E-state index in [0.29, 0.717) is 0 Å². The zero-order valence-corrected chi connectivity index (χ0v) is 13.1. The van der Waals surface area contributed by atoms with Gasteiger partial charge in [0.05, 0.1) is 12.5 Å². The molecule has 7 nitrogen and oxygen atoms in total. The number of carbonyl (C=O) groups excluding carboxylic acids is 1. The van der Waals surface area contributed by atoms with E-state index in [-0.39, 0.29) is 10.9 Å². The van der Waals surface area contributed by atoms with Crippen LogP contribution in [0.2, 0.25) is 0 Å². The molecule has 1 rings (SSSR count). The number of nitrogens with zero attached hydrogens (tertiary/aromatic N) is 1. The summed E-state index contributed by atoms with van der Waals surface area (Å²) < 4.78 is 31.8. The van der Waals surface area contributed by atoms with Gasteiger partial charge in [-0.05, 0) is 26.7 Å². The fourth-order valence-electron chi connectivity index (χ4n) is 1.44. The fraction of sp³-hybridized carbons (Fsp3) is 0.667. The monoisotopic (exact) mass is 303 g/mol. The number of aromatic amines is 1. The number of H-pyrrole nitrogens is 1. The molecule has 0 amide bonds. The van der Waals surface area contributed by atoms with Crippen molar-refractivity contribution < 1.29 is 17.9 Å². The van der Waals surface area contributed by atoms with E-state index in [9.17, 15) is 13.2 Å². The highest BCUT2D eigenvalue weighted by Gasteiger charge is 2.32. The molecule has 0 aromatic carbocycles. The Bertz CT molecular complexity index is 544. The summed E-state index contributed by atoms with van der Waals surface area (Å²) in [4.78, 5) is 18.2. The number of imidazole rings is 1. The Balaban J connectivity index is 2.91. The second-order valence-corrected chi connectivity index (χ2v) is 7.47. The first-order chi connectivity index (χ1) is 9.03. The number of hydrogen-bond acceptors (Lipinski definition) is 5. The number of sulfonamides is 1. The summed E-state index contributed by atoms with van der Waals surface area (Å²) in [5.41, 5.74) is -0.677. The van der Waals surface area contributed by atoms with Crippen LogP contribution in [-0.2, 0) is 19.6 Å². The van der Waals surface area contributed by atoms with Crippen LogP contribution < -0.4 is 4.72 Å². The third-order valence-corrected chi connectivity index (χ3v) is 3.74. The Morgan fingerprint density at radius 1 is 1.40 bits per heavy atom. The van der Waals surface area contributed by atoms with Gasteiger partial charge in [0, 0.05) is 0 Å². The molecule has 2 N–H and O–H groups in total. The molecule has 8 heteroatoms. The number of esters is 1. The maximum atomic E-state index is 12.1. The van der Waals surface area contributed by atoms with E-state index in [1.54, 1.807) is 34.6 Å². The molecule has 0 fully saturated rings. The summed E-state index contributed by atoms with van der Waals surface area (Å²) in [5.74, 6) is -0.849. The van der Waals surface area contributed by atoms with E-state index in [2.05, 4.69) is 14.7 Å². The molecule has 0 spiro atoms. The highest BCUT2D eigenvalue weighted by molar-refractivity contribution is 7.89. The van der Waals surface area contributed by atoms with Gasteiger partial charge < -0.3 is 9.72 Å². The lowest BCUT2D eigenvalue weighted by Crippen LogP contribution is -2.47. The van der Waals surface area contributed by atoms with Gasteiger partial charge in [0.15, 0.2) is 5.03 Å². The SMILES string of the molecule is CC(C)[C@@H](NS(=O)(=O)c1cnc[nH]1)C(=O)OC(C)(C)C. The first kappa shape index (κ1) is 16.6. The maximum absolute atomic E-state index is 12.1. The van der Waals surface area contributed by atoms with Crippen LogP contribution in [0, 0.1) is 5.92 Å². The van der Waals surface area contributed by atoms with Crippen LogP contribution >= 0.6 is 0 Å². The number of rotatable bonds is 5. The zero-order valence-electron chi connectivity index (χ0n) is 12.3. The molecule has 0 radical (unpaired) electrons. The number of carbonyl (C=O) groups is 1. The zero-order chi connectivity index (χ0) is 15.6. The van der Waals surface area contributed by atoms with Crippen LogP contribution in [-0.4, -0.2) is 36.0 Å². The van der Waals surface area contributed by atoms with Crippen molar-refractivity contribution >= 4 is 16.0 Å². The average molecular weight is 303 g/mol. The molecule has 0 aliphatic heterocycles. The second kappa shape index (κ2) is 5.92. The van der Waals surface area contributed by atoms with E-state index in [0.717, 1.165) is 0 Å². The van der Waals surface area contributed by atoms with Gasteiger partial charge in [-0.3, -0.25) is 4.79 Å². The highest BCUT2D eigenvalue weighted by Crippen LogP contribution is 2.14. The van der Waals surface area contributed by atoms with Gasteiger partial charge >= 0.3 is 5.97 Å². The number of ether oxygens (including phenoxy) is 1. The summed E-state index contributed by atoms with van der Waals surface area (Å²) in [6.45, 7) is 8.66. The van der Waals surface area contributed by atoms with Gasteiger partial charge in [-0.15, -0.1) is 0 Å². The lowest BCUT2D eigenvalue weighted by Gasteiger charge is -2.26. The Morgan fingerprint density at radius 2 is 2.00 bits per heavy atom. The van der Waals surface area contributed by atoms with Crippen molar-refractivity contribution in [1.82, 2.24) is 14.7 Å². The summed E-state index contributed by atoms with van der Waals surface area (Å²) in [6.07, 6.45) is 2.43. The molecule has 1 aromatic rings. The van der Waals surface area contributed by atoms with Gasteiger partial charge in [0.25, 0.3) is 10.0 Å². The van der Waals surface area contributed by atoms with Crippen LogP contribution in [0.25, 0.3) is 0 Å². The van der Waals surface area contributed by atoms with Crippen LogP contribution in [0.4, 0.5) is 0 Å². The second-order valence-electron chi connectivity index (χ2n) is 5.79. The van der Waals surface area contributed by atoms with Crippen molar-refractivity contribution in [2.45, 2.75) is 51.3 Å². The summed E-state index contributed by atoms with van der Waals surface area (Å²) >= 11 is 0. The molecule has 1 heterocycles. The first-order valence-electron chi connectivity index (χ1n) is 6.26. The van der Waals surface area contributed by atoms with Gasteiger partial charge in [0.1, 0.15) is 11.6 Å². The lowest BCUT2D eigenvalue weighted by molar-refractivity contribution is -0.158. The molecule has 20 heavy (non-hydrogen) atoms. The van der Waals surface area contributed by atoms with E-state index < -0.39 is 27.6 Å². The van der Waals surface area contributed by atoms with E-state index in [1.807, 2.05) is 0 Å². The normalized spacial score (nSPS) is 14.3. The Hall–Kier alpha value is -1.41. The fourth-order valence-corrected chi connectivity index (χ4v) is 2.68. The summed E-state index contributed by atoms with van der Waals surface area (Å²) in [6, 6.07) is -0.956. The van der Waals surface area contributed by atoms with Crippen molar-refractivity contribution in [2.75, 3.05) is 0 Å². The van der Waals surface area contributed by atoms with Crippen LogP contribution in [0.1, 0.15) is 34.6 Å². The largest absolute Gasteiger partial charge is 0.459 e. The topological polar surface area (TPSA) is 101 Å². The predicted octanol–water partition coefficient (Wildman–Crippen LogP) is 1.05. The smallest absolute Gasteiger partial charge is 0.324 e. The van der Waals surface area contributed by atoms with Crippen molar-refractivity contribution in [3.05, 3.63) is 12.5 Å². The molecule has 0 unspecified atom stereocenters. The van der Waals surface area contributed by atoms with Gasteiger partial charge in [-0.2, -0.15) is 4.72 Å². The molecule has 0 aliphatic carbocycles. The van der Waals surface area contributed by atoms with Crippen LogP contribution in [0.15, 0.2) is 17.6 Å². The molecule has 0 bridgehead atoms. The van der Waals surface area contributed by atoms with Gasteiger partial charge in [-0.1, -0.05) is 13.8 Å². The minimum atomic E-state index is -3.83. The molecular formula is C12H21N3O4S. The predicted molar refractivity (Wildman–Crippen MR) is 73.4 cm³/mol. The Kier molecular flexibility index (Phi) is 4.93. The standard InChI is InChI=1S/C12H21N3O4S/c1-8(2)10(11(16)19-12(3,4)5)15-20(17,18)9-6-13-7-14-9/h6-8,10,15H,1-5H3,(H,13,14)/t10-/m1/s1. The van der Waals surface area contributed by atoms with E-state index in [1.165, 1.54) is 12.5 Å². The number of hydrogen-bond donors (Lipinski definition) is 2. The van der Waals surface area contributed by atoms with Crippen LogP contribution in [0.3, 0.4) is 0 Å². The average Bonchev–Trinajstić information content (AvgIpc) is 2.76. The number of nitrogens with one attached hydrogen (secondary N) is 2. The Labute approximate surface area is 119 Å². The first-order valence-corrected chi connectivity index (χ1v) is 7.75. The van der Waals surface area contributed by atoms with Crippen LogP contribution in [0.5, 0.6) is 0 Å². The molecule has 1 atom stereocenters. The summed E-state index contributed by atoms with van der Waals surface area (Å²) in [7, 11) is -3.83. The molecule has 1 aromatic heterocycles. The molecule has 0 saturated carbocycles. The lowest BCUT2D eigenvalue weighted by atomic mass is 10.1. The summed E-state index contributed by atoms with van der Waals surface area (Å²) in [5, 5.41) is -0.0910. The third kappa shape index (κ3) is 4.61. The quantitative estimate of drug-likeness (QED) is 0.792. The third-order valence-electron chi connectivity index (χ3n) is 2.37. The van der Waals surface area contributed by atoms with Gasteiger partial charge in [-0.25, -0.2) is 13.4 Å². The minimum absolute atomic E-state index is 0.0910. The van der Waals surface area contributed by atoms with Crippen molar-refractivity contribution in [3.8, 4) is 0 Å². The minimum Gasteiger partial charge on any atom is -0.459 e. The Morgan fingerprint density at radius 3 is 2.40 bits per heavy atom. The van der Waals surface area contributed by atoms with E-state index in [4.69, 9.17) is 4.74 Å². The van der Waals surface area contributed by atoms with Crippen molar-refractivity contribution in [1.29, 1.82) is 0 Å². The van der Waals surface area contributed by atoms with E-state index >= 15 is 0 Å². The molecular weight excluding hydrogens is 282 g/mol. The maximum Gasteiger partial charge on any atom is 0.324 e.